The number of nitrogens with zero attached hydrogens (tertiary/aromatic N) is 1. The predicted octanol–water partition coefficient (Wildman–Crippen LogP) is 18.8. The second kappa shape index (κ2) is 13.8. The molecule has 0 atom stereocenters. The van der Waals surface area contributed by atoms with E-state index in [1.165, 1.54) is 94.2 Å². The second-order valence-electron chi connectivity index (χ2n) is 22.9. The van der Waals surface area contributed by atoms with E-state index >= 15 is 0 Å². The molecule has 0 N–H and O–H groups in total. The molecular formula is C67H55NO2. The van der Waals surface area contributed by atoms with Crippen molar-refractivity contribution < 1.29 is 8.83 Å². The number of benzene rings is 9. The van der Waals surface area contributed by atoms with Crippen LogP contribution in [0.5, 0.6) is 0 Å². The Morgan fingerprint density at radius 2 is 0.914 bits per heavy atom. The molecule has 0 unspecified atom stereocenters. The van der Waals surface area contributed by atoms with Crippen molar-refractivity contribution in [2.24, 2.45) is 0 Å². The number of rotatable bonds is 4. The van der Waals surface area contributed by atoms with Crippen molar-refractivity contribution in [1.82, 2.24) is 0 Å². The van der Waals surface area contributed by atoms with Gasteiger partial charge in [0.2, 0.25) is 0 Å². The number of para-hydroxylation sites is 3. The van der Waals surface area contributed by atoms with Crippen LogP contribution in [-0.2, 0) is 21.7 Å². The van der Waals surface area contributed by atoms with Gasteiger partial charge >= 0.3 is 0 Å². The molecule has 2 heterocycles. The molecule has 0 aliphatic heterocycles. The second-order valence-corrected chi connectivity index (χ2v) is 22.9. The van der Waals surface area contributed by atoms with Crippen molar-refractivity contribution in [3.05, 3.63) is 209 Å². The van der Waals surface area contributed by atoms with Crippen molar-refractivity contribution >= 4 is 60.9 Å². The predicted molar refractivity (Wildman–Crippen MR) is 293 cm³/mol. The van der Waals surface area contributed by atoms with Gasteiger partial charge < -0.3 is 13.7 Å². The Bertz CT molecular complexity index is 4070. The number of hydrogen-bond acceptors (Lipinski definition) is 3. The van der Waals surface area contributed by atoms with Crippen molar-refractivity contribution in [3.63, 3.8) is 0 Å². The highest BCUT2D eigenvalue weighted by Gasteiger charge is 2.44. The average molecular weight is 906 g/mol. The van der Waals surface area contributed by atoms with Gasteiger partial charge in [0, 0.05) is 60.4 Å². The van der Waals surface area contributed by atoms with Crippen LogP contribution < -0.4 is 4.90 Å². The van der Waals surface area contributed by atoms with Gasteiger partial charge in [0.05, 0.1) is 0 Å². The third-order valence-corrected chi connectivity index (χ3v) is 16.8. The van der Waals surface area contributed by atoms with Crippen LogP contribution in [0.4, 0.5) is 17.1 Å². The summed E-state index contributed by atoms with van der Waals surface area (Å²) in [6.45, 7) is 21.4. The summed E-state index contributed by atoms with van der Waals surface area (Å²) in [5, 5.41) is 4.76. The Hall–Kier alpha value is -7.62. The van der Waals surface area contributed by atoms with Crippen LogP contribution in [0.15, 0.2) is 179 Å². The highest BCUT2D eigenvalue weighted by Crippen LogP contribution is 2.60. The summed E-state index contributed by atoms with van der Waals surface area (Å²) in [5.74, 6) is 0. The van der Waals surface area contributed by atoms with Gasteiger partial charge in [-0.2, -0.15) is 0 Å². The minimum absolute atomic E-state index is 0.107. The van der Waals surface area contributed by atoms with Gasteiger partial charge in [-0.1, -0.05) is 165 Å². The maximum absolute atomic E-state index is 6.81. The Morgan fingerprint density at radius 1 is 0.386 bits per heavy atom. The summed E-state index contributed by atoms with van der Waals surface area (Å²) < 4.78 is 13.3. The quantitative estimate of drug-likeness (QED) is 0.176. The molecule has 340 valence electrons. The fraction of sp³-hybridized carbons (Fsp3) is 0.194. The van der Waals surface area contributed by atoms with E-state index in [0.29, 0.717) is 0 Å². The summed E-state index contributed by atoms with van der Waals surface area (Å²) in [4.78, 5) is 2.54. The lowest BCUT2D eigenvalue weighted by Gasteiger charge is -2.33. The zero-order chi connectivity index (χ0) is 47.8. The first-order chi connectivity index (χ1) is 33.6. The minimum Gasteiger partial charge on any atom is -0.456 e. The highest BCUT2D eigenvalue weighted by molar-refractivity contribution is 6.19. The van der Waals surface area contributed by atoms with E-state index in [9.17, 15) is 0 Å². The van der Waals surface area contributed by atoms with Gasteiger partial charge in [-0.25, -0.2) is 0 Å². The van der Waals surface area contributed by atoms with Gasteiger partial charge in [-0.3, -0.25) is 0 Å². The van der Waals surface area contributed by atoms with Crippen LogP contribution in [0, 0.1) is 0 Å². The van der Waals surface area contributed by atoms with Crippen LogP contribution >= 0.6 is 0 Å². The van der Waals surface area contributed by atoms with Gasteiger partial charge in [0.1, 0.15) is 22.3 Å². The molecule has 0 saturated heterocycles. The fourth-order valence-corrected chi connectivity index (χ4v) is 13.2. The normalized spacial score (nSPS) is 15.6. The summed E-state index contributed by atoms with van der Waals surface area (Å²) in [7, 11) is 0. The largest absolute Gasteiger partial charge is 0.456 e. The lowest BCUT2D eigenvalue weighted by atomic mass is 9.79. The smallest absolute Gasteiger partial charge is 0.143 e. The first-order valence-electron chi connectivity index (χ1n) is 25.0. The molecule has 3 aliphatic rings. The van der Waals surface area contributed by atoms with Crippen molar-refractivity contribution in [3.8, 4) is 44.5 Å². The van der Waals surface area contributed by atoms with E-state index in [-0.39, 0.29) is 21.7 Å². The zero-order valence-electron chi connectivity index (χ0n) is 41.4. The lowest BCUT2D eigenvalue weighted by Crippen LogP contribution is -2.21. The number of anilines is 3. The molecule has 0 radical (unpaired) electrons. The van der Waals surface area contributed by atoms with Crippen LogP contribution in [0.3, 0.4) is 0 Å². The monoisotopic (exact) mass is 905 g/mol. The molecule has 9 aromatic carbocycles. The van der Waals surface area contributed by atoms with Gasteiger partial charge in [0.25, 0.3) is 0 Å². The van der Waals surface area contributed by atoms with Crippen LogP contribution in [-0.4, -0.2) is 0 Å². The Balaban J connectivity index is 0.955. The molecule has 0 amide bonds. The molecule has 0 saturated carbocycles. The van der Waals surface area contributed by atoms with Crippen LogP contribution in [0.25, 0.3) is 88.4 Å². The molecule has 3 heteroatoms. The first-order valence-corrected chi connectivity index (χ1v) is 25.0. The fourth-order valence-electron chi connectivity index (χ4n) is 13.2. The van der Waals surface area contributed by atoms with Crippen molar-refractivity contribution in [2.45, 2.75) is 84.0 Å². The molecule has 14 rings (SSSR count). The Morgan fingerprint density at radius 3 is 1.64 bits per heavy atom. The van der Waals surface area contributed by atoms with Gasteiger partial charge in [0.15, 0.2) is 0 Å². The van der Waals surface area contributed by atoms with Crippen LogP contribution in [0.2, 0.25) is 0 Å². The van der Waals surface area contributed by atoms with Gasteiger partial charge in [-0.05, 0) is 150 Å². The maximum Gasteiger partial charge on any atom is 0.143 e. The van der Waals surface area contributed by atoms with E-state index in [1.54, 1.807) is 0 Å². The molecule has 0 spiro atoms. The topological polar surface area (TPSA) is 29.5 Å². The maximum atomic E-state index is 6.81. The van der Waals surface area contributed by atoms with Crippen LogP contribution in [0.1, 0.15) is 101 Å². The number of fused-ring (bicyclic) bond motifs is 17. The Labute approximate surface area is 410 Å². The molecule has 3 nitrogen and oxygen atoms in total. The molecular weight excluding hydrogens is 851 g/mol. The first kappa shape index (κ1) is 41.4. The van der Waals surface area contributed by atoms with E-state index < -0.39 is 0 Å². The molecule has 0 bridgehead atoms. The third-order valence-electron chi connectivity index (χ3n) is 16.8. The standard InChI is InChI=1S/C67H55NO2/c1-64(2,3)48-23-15-16-24-55(48)68(40-28-30-42-51(34-40)67(8,9)54-35-45(38-19-11-10-12-20-38)63-62(59(42)54)44-22-14-18-26-57(44)70-63)39-27-29-41-46-36-53-47(37-52(46)66(6,7)50(41)33-39)60-49(65(53,4)5)31-32-58-61(60)43-21-13-17-25-56(43)69-58/h10-37H,1-9H3. The van der Waals surface area contributed by atoms with Gasteiger partial charge in [-0.15, -0.1) is 0 Å². The summed E-state index contributed by atoms with van der Waals surface area (Å²) in [5.41, 5.74) is 26.0. The van der Waals surface area contributed by atoms with E-state index in [4.69, 9.17) is 8.83 Å². The zero-order valence-corrected chi connectivity index (χ0v) is 41.4. The third kappa shape index (κ3) is 5.41. The number of furan rings is 2. The molecule has 70 heavy (non-hydrogen) atoms. The SMILES string of the molecule is CC(C)(C)c1ccccc1N(c1ccc2c(c1)C(C)(C)c1cc3c(cc1-2)C(C)(C)c1ccc2oc4ccccc4c2c1-3)c1ccc2c(c1)C(C)(C)c1cc(-c3ccccc3)c3oc4ccccc4c3c1-2. The minimum atomic E-state index is -0.297. The Kier molecular flexibility index (Phi) is 8.15. The highest BCUT2D eigenvalue weighted by atomic mass is 16.3. The number of hydrogen-bond donors (Lipinski definition) is 0. The summed E-state index contributed by atoms with van der Waals surface area (Å²) in [6.07, 6.45) is 0. The molecule has 0 fully saturated rings. The molecule has 3 aliphatic carbocycles. The van der Waals surface area contributed by atoms with E-state index in [0.717, 1.165) is 50.2 Å². The van der Waals surface area contributed by atoms with Crippen molar-refractivity contribution in [1.29, 1.82) is 0 Å². The average Bonchev–Trinajstić information content (AvgIpc) is 4.10. The summed E-state index contributed by atoms with van der Waals surface area (Å²) >= 11 is 0. The molecule has 11 aromatic rings. The summed E-state index contributed by atoms with van der Waals surface area (Å²) in [6, 6.07) is 63.3. The van der Waals surface area contributed by atoms with E-state index in [1.807, 2.05) is 0 Å². The van der Waals surface area contributed by atoms with E-state index in [2.05, 4.69) is 237 Å². The lowest BCUT2D eigenvalue weighted by molar-refractivity contribution is 0.591. The van der Waals surface area contributed by atoms with Crippen molar-refractivity contribution in [2.75, 3.05) is 4.90 Å². The molecule has 2 aromatic heterocycles.